The first-order chi connectivity index (χ1) is 15.1. The van der Waals surface area contributed by atoms with Crippen LogP contribution in [0, 0.1) is 0 Å². The van der Waals surface area contributed by atoms with Crippen LogP contribution in [-0.4, -0.2) is 54.5 Å². The molecule has 3 rings (SSSR count). The molecule has 0 aliphatic carbocycles. The molecule has 2 aromatic rings. The maximum Gasteiger partial charge on any atom is 0.269 e. The van der Waals surface area contributed by atoms with E-state index >= 15 is 0 Å². The molecule has 2 aromatic carbocycles. The Morgan fingerprint density at radius 2 is 1.72 bits per heavy atom. The molecule has 1 atom stereocenters. The number of nitrogens with one attached hydrogen (secondary N) is 1. The normalized spacial score (nSPS) is 15.2. The van der Waals surface area contributed by atoms with Gasteiger partial charge in [-0.3, -0.25) is 14.4 Å². The van der Waals surface area contributed by atoms with Crippen molar-refractivity contribution in [3.8, 4) is 0 Å². The summed E-state index contributed by atoms with van der Waals surface area (Å²) < 4.78 is 26.2. The fraction of sp³-hybridized carbons (Fsp3) is 0.286. The summed E-state index contributed by atoms with van der Waals surface area (Å²) in [5, 5.41) is 3.21. The predicted molar refractivity (Wildman–Crippen MR) is 120 cm³/mol. The maximum atomic E-state index is 13.3. The van der Waals surface area contributed by atoms with Gasteiger partial charge >= 0.3 is 0 Å². The van der Waals surface area contributed by atoms with Crippen molar-refractivity contribution in [3.63, 3.8) is 0 Å². The number of hydrogen-bond acceptors (Lipinski definition) is 5. The van der Waals surface area contributed by atoms with Crippen molar-refractivity contribution in [2.24, 2.45) is 0 Å². The van der Waals surface area contributed by atoms with Gasteiger partial charge in [-0.1, -0.05) is 41.4 Å². The van der Waals surface area contributed by atoms with Crippen LogP contribution < -0.4 is 5.32 Å². The summed E-state index contributed by atoms with van der Waals surface area (Å²) in [6.07, 6.45) is 0. The highest BCUT2D eigenvalue weighted by Gasteiger charge is 2.43. The average Bonchev–Trinajstić information content (AvgIpc) is 2.94. The van der Waals surface area contributed by atoms with Crippen LogP contribution in [0.5, 0.6) is 0 Å². The molecular formula is C21H21Cl2N3O5S. The van der Waals surface area contributed by atoms with Gasteiger partial charge in [0, 0.05) is 28.7 Å². The molecule has 0 aromatic heterocycles. The third-order valence-electron chi connectivity index (χ3n) is 5.10. The van der Waals surface area contributed by atoms with Crippen LogP contribution in [0.15, 0.2) is 47.4 Å². The summed E-state index contributed by atoms with van der Waals surface area (Å²) >= 11 is 12.5. The average molecular weight is 498 g/mol. The summed E-state index contributed by atoms with van der Waals surface area (Å²) in [6.45, 7) is 2.66. The lowest BCUT2D eigenvalue weighted by Gasteiger charge is -2.30. The predicted octanol–water partition coefficient (Wildman–Crippen LogP) is 2.69. The minimum Gasteiger partial charge on any atom is -0.355 e. The molecule has 0 fully saturated rings. The fourth-order valence-electron chi connectivity index (χ4n) is 3.36. The molecule has 170 valence electrons. The molecule has 0 bridgehead atoms. The molecule has 11 heteroatoms. The number of sulfonamides is 1. The molecule has 3 amide bonds. The molecule has 0 saturated heterocycles. The maximum absolute atomic E-state index is 13.3. The number of nitrogens with zero attached hydrogens (tertiary/aromatic N) is 2. The molecule has 1 aliphatic rings. The minimum atomic E-state index is -4.19. The second kappa shape index (κ2) is 9.48. The van der Waals surface area contributed by atoms with Gasteiger partial charge in [-0.2, -0.15) is 0 Å². The number of hydrogen-bond donors (Lipinski definition) is 1. The highest BCUT2D eigenvalue weighted by atomic mass is 35.5. The van der Waals surface area contributed by atoms with Crippen LogP contribution in [0.1, 0.15) is 29.8 Å². The number of carbonyl (C=O) groups is 3. The lowest BCUT2D eigenvalue weighted by atomic mass is 10.1. The van der Waals surface area contributed by atoms with E-state index in [-0.39, 0.29) is 27.0 Å². The van der Waals surface area contributed by atoms with Crippen molar-refractivity contribution in [1.29, 1.82) is 0 Å². The molecule has 0 unspecified atom stereocenters. The zero-order valence-electron chi connectivity index (χ0n) is 17.3. The Morgan fingerprint density at radius 3 is 2.31 bits per heavy atom. The first kappa shape index (κ1) is 24.0. The van der Waals surface area contributed by atoms with E-state index in [0.717, 1.165) is 4.90 Å². The zero-order chi connectivity index (χ0) is 23.6. The van der Waals surface area contributed by atoms with Crippen molar-refractivity contribution in [1.82, 2.24) is 14.5 Å². The van der Waals surface area contributed by atoms with Crippen molar-refractivity contribution >= 4 is 50.9 Å². The third kappa shape index (κ3) is 4.46. The van der Waals surface area contributed by atoms with Gasteiger partial charge in [-0.25, -0.2) is 12.7 Å². The van der Waals surface area contributed by atoms with Crippen molar-refractivity contribution in [2.45, 2.75) is 31.3 Å². The number of halogens is 2. The Hall–Kier alpha value is -2.62. The van der Waals surface area contributed by atoms with E-state index in [4.69, 9.17) is 23.2 Å². The van der Waals surface area contributed by atoms with Crippen LogP contribution in [0.2, 0.25) is 10.0 Å². The second-order valence-corrected chi connectivity index (χ2v) is 9.75. The summed E-state index contributed by atoms with van der Waals surface area (Å²) in [4.78, 5) is 39.4. The standard InChI is InChI=1S/C21H21Cl2N3O5S/c1-3-24-20(28)13(2)25(11-15-16(22)8-6-9-17(15)23)19(27)12-26-21(29)14-7-4-5-10-18(14)32(26,30)31/h4-10,13H,3,11-12H2,1-2H3,(H,24,28)/t13-/m1/s1. The van der Waals surface area contributed by atoms with Gasteiger partial charge in [0.15, 0.2) is 0 Å². The Morgan fingerprint density at radius 1 is 1.09 bits per heavy atom. The molecule has 1 N–H and O–H groups in total. The van der Waals surface area contributed by atoms with E-state index < -0.39 is 40.3 Å². The number of carbonyl (C=O) groups excluding carboxylic acids is 3. The summed E-state index contributed by atoms with van der Waals surface area (Å²) in [6, 6.07) is 9.58. The van der Waals surface area contributed by atoms with E-state index in [2.05, 4.69) is 5.32 Å². The number of rotatable bonds is 7. The van der Waals surface area contributed by atoms with Crippen molar-refractivity contribution < 1.29 is 22.8 Å². The van der Waals surface area contributed by atoms with Crippen LogP contribution >= 0.6 is 23.2 Å². The highest BCUT2D eigenvalue weighted by Crippen LogP contribution is 2.31. The lowest BCUT2D eigenvalue weighted by Crippen LogP contribution is -2.51. The fourth-order valence-corrected chi connectivity index (χ4v) is 5.39. The summed E-state index contributed by atoms with van der Waals surface area (Å²) in [7, 11) is -4.19. The van der Waals surface area contributed by atoms with Gasteiger partial charge in [-0.05, 0) is 38.1 Å². The van der Waals surface area contributed by atoms with Crippen LogP contribution in [-0.2, 0) is 26.2 Å². The highest BCUT2D eigenvalue weighted by molar-refractivity contribution is 7.90. The summed E-state index contributed by atoms with van der Waals surface area (Å²) in [5.41, 5.74) is 0.400. The van der Waals surface area contributed by atoms with Crippen molar-refractivity contribution in [2.75, 3.05) is 13.1 Å². The van der Waals surface area contributed by atoms with Crippen molar-refractivity contribution in [3.05, 3.63) is 63.6 Å². The molecule has 1 aliphatic heterocycles. The Balaban J connectivity index is 1.94. The lowest BCUT2D eigenvalue weighted by molar-refractivity contribution is -0.140. The minimum absolute atomic E-state index is 0.00206. The molecular weight excluding hydrogens is 477 g/mol. The smallest absolute Gasteiger partial charge is 0.269 e. The van der Waals surface area contributed by atoms with Gasteiger partial charge in [0.25, 0.3) is 15.9 Å². The van der Waals surface area contributed by atoms with Crippen LogP contribution in [0.4, 0.5) is 0 Å². The first-order valence-electron chi connectivity index (χ1n) is 9.75. The molecule has 8 nitrogen and oxygen atoms in total. The van der Waals surface area contributed by atoms with Gasteiger partial charge in [0.05, 0.1) is 5.56 Å². The third-order valence-corrected chi connectivity index (χ3v) is 7.59. The van der Waals surface area contributed by atoms with Gasteiger partial charge < -0.3 is 10.2 Å². The number of benzene rings is 2. The van der Waals surface area contributed by atoms with Gasteiger partial charge in [0.2, 0.25) is 11.8 Å². The monoisotopic (exact) mass is 497 g/mol. The Kier molecular flexibility index (Phi) is 7.12. The van der Waals surface area contributed by atoms with E-state index in [1.54, 1.807) is 31.2 Å². The number of likely N-dealkylation sites (N-methyl/N-ethyl adjacent to an activating group) is 1. The van der Waals surface area contributed by atoms with E-state index in [1.165, 1.54) is 25.1 Å². The van der Waals surface area contributed by atoms with E-state index in [1.807, 2.05) is 0 Å². The topological polar surface area (TPSA) is 104 Å². The molecule has 0 radical (unpaired) electrons. The SMILES string of the molecule is CCNC(=O)[C@@H](C)N(Cc1c(Cl)cccc1Cl)C(=O)CN1C(=O)c2ccccc2S1(=O)=O. The van der Waals surface area contributed by atoms with Crippen LogP contribution in [0.3, 0.4) is 0 Å². The number of amides is 3. The Labute approximate surface area is 196 Å². The van der Waals surface area contributed by atoms with Gasteiger partial charge in [-0.15, -0.1) is 0 Å². The largest absolute Gasteiger partial charge is 0.355 e. The Bertz CT molecular complexity index is 1170. The summed E-state index contributed by atoms with van der Waals surface area (Å²) in [5.74, 6) is -1.98. The number of fused-ring (bicyclic) bond motifs is 1. The molecule has 32 heavy (non-hydrogen) atoms. The molecule has 1 heterocycles. The van der Waals surface area contributed by atoms with Crippen LogP contribution in [0.25, 0.3) is 0 Å². The molecule has 0 saturated carbocycles. The first-order valence-corrected chi connectivity index (χ1v) is 11.9. The van der Waals surface area contributed by atoms with E-state index in [0.29, 0.717) is 16.4 Å². The molecule has 0 spiro atoms. The quantitative estimate of drug-likeness (QED) is 0.633. The van der Waals surface area contributed by atoms with Gasteiger partial charge in [0.1, 0.15) is 17.5 Å². The van der Waals surface area contributed by atoms with E-state index in [9.17, 15) is 22.8 Å². The zero-order valence-corrected chi connectivity index (χ0v) is 19.7. The second-order valence-electron chi connectivity index (χ2n) is 7.11.